The number of nitrogens with two attached hydrogens (primary N) is 1. The van der Waals surface area contributed by atoms with Crippen LogP contribution in [0.25, 0.3) is 11.0 Å². The Kier molecular flexibility index (Phi) is 6.15. The third-order valence-corrected chi connectivity index (χ3v) is 5.60. The van der Waals surface area contributed by atoms with Crippen molar-refractivity contribution in [2.75, 3.05) is 25.4 Å². The van der Waals surface area contributed by atoms with Crippen LogP contribution in [0.1, 0.15) is 55.0 Å². The van der Waals surface area contributed by atoms with Gasteiger partial charge in [-0.2, -0.15) is 15.2 Å². The number of hydrogen-bond acceptors (Lipinski definition) is 6. The Labute approximate surface area is 176 Å². The molecule has 1 aromatic carbocycles. The highest BCUT2D eigenvalue weighted by molar-refractivity contribution is 5.90. The van der Waals surface area contributed by atoms with E-state index in [9.17, 15) is 5.26 Å². The quantitative estimate of drug-likeness (QED) is 0.554. The van der Waals surface area contributed by atoms with Crippen molar-refractivity contribution in [3.63, 3.8) is 0 Å². The van der Waals surface area contributed by atoms with Crippen molar-refractivity contribution >= 4 is 16.9 Å². The summed E-state index contributed by atoms with van der Waals surface area (Å²) >= 11 is 0. The van der Waals surface area contributed by atoms with Crippen LogP contribution in [-0.2, 0) is 13.0 Å². The number of anilines is 1. The van der Waals surface area contributed by atoms with Crippen molar-refractivity contribution in [3.05, 3.63) is 46.6 Å². The van der Waals surface area contributed by atoms with Gasteiger partial charge in [0.1, 0.15) is 22.8 Å². The van der Waals surface area contributed by atoms with E-state index in [1.165, 1.54) is 31.5 Å². The number of likely N-dealkylation sites (tertiary alicyclic amines) is 1. The van der Waals surface area contributed by atoms with E-state index in [-0.39, 0.29) is 6.01 Å². The summed E-state index contributed by atoms with van der Waals surface area (Å²) in [6, 6.07) is 11.1. The molecule has 3 N–H and O–H groups in total. The molecule has 7 heteroatoms. The number of hydrogen-bond donors (Lipinski definition) is 2. The largest absolute Gasteiger partial charge is 0.463 e. The lowest BCUT2D eigenvalue weighted by Crippen LogP contribution is -2.18. The van der Waals surface area contributed by atoms with Crippen molar-refractivity contribution in [1.29, 1.82) is 5.26 Å². The Morgan fingerprint density at radius 1 is 1.17 bits per heavy atom. The average Bonchev–Trinajstić information content (AvgIpc) is 3.38. The van der Waals surface area contributed by atoms with Crippen LogP contribution >= 0.6 is 0 Å². The van der Waals surface area contributed by atoms with E-state index < -0.39 is 0 Å². The van der Waals surface area contributed by atoms with Gasteiger partial charge < -0.3 is 15.5 Å². The molecule has 0 atom stereocenters. The van der Waals surface area contributed by atoms with Gasteiger partial charge in [-0.15, -0.1) is 0 Å². The molecule has 0 bridgehead atoms. The van der Waals surface area contributed by atoms with Gasteiger partial charge in [0.05, 0.1) is 6.61 Å². The fourth-order valence-corrected chi connectivity index (χ4v) is 3.92. The van der Waals surface area contributed by atoms with Gasteiger partial charge >= 0.3 is 6.01 Å². The first-order valence-corrected chi connectivity index (χ1v) is 10.7. The smallest absolute Gasteiger partial charge is 0.319 e. The molecule has 0 unspecified atom stereocenters. The second kappa shape index (κ2) is 9.14. The van der Waals surface area contributed by atoms with Crippen LogP contribution in [-0.4, -0.2) is 39.5 Å². The first kappa shape index (κ1) is 20.2. The van der Waals surface area contributed by atoms with E-state index in [0.717, 1.165) is 30.5 Å². The molecule has 30 heavy (non-hydrogen) atoms. The van der Waals surface area contributed by atoms with Crippen molar-refractivity contribution < 1.29 is 4.74 Å². The number of fused-ring (bicyclic) bond motifs is 1. The number of aromatic nitrogens is 3. The maximum Gasteiger partial charge on any atom is 0.319 e. The number of nitrogens with zero attached hydrogens (tertiary/aromatic N) is 4. The zero-order valence-electron chi connectivity index (χ0n) is 17.4. The van der Waals surface area contributed by atoms with Crippen LogP contribution in [0.4, 0.5) is 5.82 Å². The van der Waals surface area contributed by atoms with Gasteiger partial charge in [-0.25, -0.2) is 0 Å². The van der Waals surface area contributed by atoms with Crippen LogP contribution in [0.3, 0.4) is 0 Å². The van der Waals surface area contributed by atoms with Crippen LogP contribution in [0, 0.1) is 11.3 Å². The van der Waals surface area contributed by atoms with Crippen molar-refractivity contribution in [2.24, 2.45) is 0 Å². The Morgan fingerprint density at radius 2 is 1.90 bits per heavy atom. The number of nitriles is 1. The van der Waals surface area contributed by atoms with Gasteiger partial charge in [-0.1, -0.05) is 37.6 Å². The second-order valence-electron chi connectivity index (χ2n) is 7.88. The highest BCUT2D eigenvalue weighted by Gasteiger charge is 2.18. The highest BCUT2D eigenvalue weighted by atomic mass is 16.5. The second-order valence-corrected chi connectivity index (χ2v) is 7.88. The van der Waals surface area contributed by atoms with Crippen LogP contribution < -0.4 is 10.5 Å². The summed E-state index contributed by atoms with van der Waals surface area (Å²) in [4.78, 5) is 14.4. The summed E-state index contributed by atoms with van der Waals surface area (Å²) in [7, 11) is 0. The number of ether oxygens (including phenoxy) is 1. The topological polar surface area (TPSA) is 104 Å². The van der Waals surface area contributed by atoms with E-state index in [4.69, 9.17) is 10.5 Å². The van der Waals surface area contributed by atoms with E-state index in [0.29, 0.717) is 35.6 Å². The molecule has 0 aliphatic carbocycles. The molecule has 1 aliphatic heterocycles. The molecule has 2 aromatic heterocycles. The summed E-state index contributed by atoms with van der Waals surface area (Å²) < 4.78 is 5.66. The van der Waals surface area contributed by atoms with E-state index in [1.54, 1.807) is 0 Å². The molecule has 0 saturated carbocycles. The number of rotatable bonds is 8. The number of H-pyrrole nitrogens is 1. The van der Waals surface area contributed by atoms with E-state index >= 15 is 0 Å². The molecule has 1 aliphatic rings. The molecule has 1 saturated heterocycles. The van der Waals surface area contributed by atoms with Crippen molar-refractivity contribution in [2.45, 2.75) is 45.6 Å². The summed E-state index contributed by atoms with van der Waals surface area (Å²) in [5.41, 5.74) is 11.1. The minimum atomic E-state index is 0.263. The Balaban J connectivity index is 1.58. The van der Waals surface area contributed by atoms with E-state index in [1.807, 2.05) is 0 Å². The maximum absolute atomic E-state index is 9.63. The van der Waals surface area contributed by atoms with E-state index in [2.05, 4.69) is 57.1 Å². The Morgan fingerprint density at radius 3 is 2.60 bits per heavy atom. The predicted molar refractivity (Wildman–Crippen MR) is 117 cm³/mol. The normalized spacial score (nSPS) is 14.3. The number of aromatic amines is 1. The molecular formula is C23H28N6O. The lowest BCUT2D eigenvalue weighted by molar-refractivity contribution is 0.287. The SMILES string of the molecule is CCCCOc1nc(N)c2[nH]c(C#N)c(Cc3ccc(CN4CCCC4)cc3)c2n1. The molecule has 3 aromatic rings. The van der Waals surface area contributed by atoms with Crippen molar-refractivity contribution in [3.8, 4) is 12.1 Å². The molecule has 156 valence electrons. The number of nitrogens with one attached hydrogen (secondary N) is 1. The molecule has 0 radical (unpaired) electrons. The first-order chi connectivity index (χ1) is 14.7. The minimum absolute atomic E-state index is 0.263. The van der Waals surface area contributed by atoms with Gasteiger partial charge in [-0.05, 0) is 43.5 Å². The van der Waals surface area contributed by atoms with Gasteiger partial charge in [-0.3, -0.25) is 4.90 Å². The Bertz CT molecular complexity index is 1040. The third kappa shape index (κ3) is 4.39. The van der Waals surface area contributed by atoms with Gasteiger partial charge in [0, 0.05) is 18.5 Å². The van der Waals surface area contributed by atoms with Crippen LogP contribution in [0.2, 0.25) is 0 Å². The fourth-order valence-electron chi connectivity index (χ4n) is 3.92. The van der Waals surface area contributed by atoms with Crippen LogP contribution in [0.15, 0.2) is 24.3 Å². The van der Waals surface area contributed by atoms with Gasteiger partial charge in [0.15, 0.2) is 5.82 Å². The monoisotopic (exact) mass is 404 g/mol. The molecule has 0 spiro atoms. The molecule has 4 rings (SSSR count). The number of nitrogen functional groups attached to an aromatic ring is 1. The first-order valence-electron chi connectivity index (χ1n) is 10.7. The molecular weight excluding hydrogens is 376 g/mol. The van der Waals surface area contributed by atoms with Gasteiger partial charge in [0.2, 0.25) is 0 Å². The summed E-state index contributed by atoms with van der Waals surface area (Å²) in [6.45, 7) is 6.02. The zero-order chi connectivity index (χ0) is 20.9. The summed E-state index contributed by atoms with van der Waals surface area (Å²) in [6.07, 6.45) is 5.14. The maximum atomic E-state index is 9.63. The number of unbranched alkanes of at least 4 members (excludes halogenated alkanes) is 1. The highest BCUT2D eigenvalue weighted by Crippen LogP contribution is 2.28. The van der Waals surface area contributed by atoms with Gasteiger partial charge in [0.25, 0.3) is 0 Å². The minimum Gasteiger partial charge on any atom is -0.463 e. The summed E-state index contributed by atoms with van der Waals surface area (Å²) in [5.74, 6) is 0.301. The molecule has 3 heterocycles. The molecule has 7 nitrogen and oxygen atoms in total. The zero-order valence-corrected chi connectivity index (χ0v) is 17.4. The van der Waals surface area contributed by atoms with Crippen molar-refractivity contribution in [1.82, 2.24) is 19.9 Å². The standard InChI is InChI=1S/C23H28N6O/c1-2-3-12-30-23-27-20-18(19(14-24)26-21(20)22(25)28-23)13-16-6-8-17(9-7-16)15-29-10-4-5-11-29/h6-9,26H,2-5,10-13,15H2,1H3,(H2,25,27,28). The predicted octanol–water partition coefficient (Wildman–Crippen LogP) is 3.78. The average molecular weight is 405 g/mol. The number of benzene rings is 1. The lowest BCUT2D eigenvalue weighted by Gasteiger charge is -2.14. The summed E-state index contributed by atoms with van der Waals surface area (Å²) in [5, 5.41) is 9.63. The lowest BCUT2D eigenvalue weighted by atomic mass is 10.0. The fraction of sp³-hybridized carbons (Fsp3) is 0.435. The Hall–Kier alpha value is -3.11. The molecule has 1 fully saturated rings. The third-order valence-electron chi connectivity index (χ3n) is 5.60. The molecule has 0 amide bonds. The van der Waals surface area contributed by atoms with Crippen LogP contribution in [0.5, 0.6) is 6.01 Å².